The second-order valence-electron chi connectivity index (χ2n) is 6.90. The lowest BCUT2D eigenvalue weighted by Gasteiger charge is -2.54. The lowest BCUT2D eigenvalue weighted by atomic mass is 9.76. The summed E-state index contributed by atoms with van der Waals surface area (Å²) in [5, 5.41) is 0. The number of amides is 2. The Labute approximate surface area is 156 Å². The van der Waals surface area contributed by atoms with Crippen LogP contribution in [-0.4, -0.2) is 59.4 Å². The van der Waals surface area contributed by atoms with E-state index < -0.39 is 11.4 Å². The van der Waals surface area contributed by atoms with Crippen molar-refractivity contribution in [3.8, 4) is 0 Å². The fourth-order valence-electron chi connectivity index (χ4n) is 4.13. The number of benzene rings is 1. The van der Waals surface area contributed by atoms with Crippen LogP contribution in [0.3, 0.4) is 0 Å². The third kappa shape index (κ3) is 2.78. The summed E-state index contributed by atoms with van der Waals surface area (Å²) in [5.41, 5.74) is 0.342. The van der Waals surface area contributed by atoms with E-state index in [9.17, 15) is 14.0 Å². The molecule has 2 saturated heterocycles. The highest BCUT2D eigenvalue weighted by Crippen LogP contribution is 2.42. The topological polar surface area (TPSA) is 62.7 Å². The monoisotopic (exact) mass is 369 g/mol. The Morgan fingerprint density at radius 1 is 1.30 bits per heavy atom. The number of likely N-dealkylation sites (N-methyl/N-ethyl adjacent to an activating group) is 1. The maximum Gasteiger partial charge on any atom is 0.257 e. The van der Waals surface area contributed by atoms with Crippen LogP contribution in [0.2, 0.25) is 0 Å². The molecule has 2 atom stereocenters. The molecule has 0 aliphatic carbocycles. The van der Waals surface area contributed by atoms with Crippen molar-refractivity contribution in [1.82, 2.24) is 14.8 Å². The van der Waals surface area contributed by atoms with Crippen LogP contribution in [0.25, 0.3) is 0 Å². The summed E-state index contributed by atoms with van der Waals surface area (Å²) < 4.78 is 19.9. The quantitative estimate of drug-likeness (QED) is 0.810. The number of carbonyl (C=O) groups is 2. The Kier molecular flexibility index (Phi) is 4.39. The summed E-state index contributed by atoms with van der Waals surface area (Å²) in [6.07, 6.45) is 2.57. The Hall–Kier alpha value is -2.80. The number of nitrogens with zero attached hydrogens (tertiary/aromatic N) is 3. The van der Waals surface area contributed by atoms with Gasteiger partial charge in [-0.3, -0.25) is 14.6 Å². The number of pyridine rings is 1. The van der Waals surface area contributed by atoms with Crippen LogP contribution in [-0.2, 0) is 15.1 Å². The van der Waals surface area contributed by atoms with Gasteiger partial charge < -0.3 is 14.5 Å². The molecule has 27 heavy (non-hydrogen) atoms. The number of hydrogen-bond acceptors (Lipinski definition) is 4. The number of fused-ring (bicyclic) bond motifs is 1. The summed E-state index contributed by atoms with van der Waals surface area (Å²) >= 11 is 0. The molecular weight excluding hydrogens is 349 g/mol. The average molecular weight is 369 g/mol. The molecule has 0 N–H and O–H groups in total. The van der Waals surface area contributed by atoms with Crippen molar-refractivity contribution in [2.24, 2.45) is 0 Å². The van der Waals surface area contributed by atoms with E-state index in [2.05, 4.69) is 4.98 Å². The van der Waals surface area contributed by atoms with Gasteiger partial charge in [-0.2, -0.15) is 0 Å². The fraction of sp³-hybridized carbons (Fsp3) is 0.350. The van der Waals surface area contributed by atoms with Crippen molar-refractivity contribution in [1.29, 1.82) is 0 Å². The number of aromatic nitrogens is 1. The van der Waals surface area contributed by atoms with E-state index in [1.807, 2.05) is 30.3 Å². The summed E-state index contributed by atoms with van der Waals surface area (Å²) in [7, 11) is 1.78. The number of rotatable bonds is 2. The Morgan fingerprint density at radius 3 is 2.81 bits per heavy atom. The largest absolute Gasteiger partial charge is 0.364 e. The molecule has 4 rings (SSSR count). The molecule has 6 nitrogen and oxygen atoms in total. The highest BCUT2D eigenvalue weighted by molar-refractivity contribution is 5.94. The molecule has 0 radical (unpaired) electrons. The maximum absolute atomic E-state index is 14.0. The Morgan fingerprint density at radius 2 is 2.07 bits per heavy atom. The molecule has 7 heteroatoms. The minimum atomic E-state index is -0.640. The summed E-state index contributed by atoms with van der Waals surface area (Å²) in [6, 6.07) is 11.1. The Bertz CT molecular complexity index is 876. The van der Waals surface area contributed by atoms with E-state index in [1.54, 1.807) is 16.8 Å². The first-order valence-electron chi connectivity index (χ1n) is 8.86. The molecule has 0 unspecified atom stereocenters. The van der Waals surface area contributed by atoms with Crippen molar-refractivity contribution >= 4 is 11.8 Å². The first-order chi connectivity index (χ1) is 13.0. The molecule has 1 aromatic heterocycles. The summed E-state index contributed by atoms with van der Waals surface area (Å²) in [4.78, 5) is 32.2. The van der Waals surface area contributed by atoms with Crippen molar-refractivity contribution in [2.75, 3.05) is 26.7 Å². The predicted molar refractivity (Wildman–Crippen MR) is 95.3 cm³/mol. The molecule has 0 spiro atoms. The van der Waals surface area contributed by atoms with Crippen LogP contribution in [0.4, 0.5) is 4.39 Å². The van der Waals surface area contributed by atoms with E-state index in [4.69, 9.17) is 4.74 Å². The minimum Gasteiger partial charge on any atom is -0.364 e. The van der Waals surface area contributed by atoms with Gasteiger partial charge in [-0.25, -0.2) is 4.39 Å². The third-order valence-electron chi connectivity index (χ3n) is 5.63. The first-order valence-corrected chi connectivity index (χ1v) is 8.86. The molecule has 140 valence electrons. The highest BCUT2D eigenvalue weighted by atomic mass is 19.1. The number of piperidine rings is 1. The molecular formula is C20H20FN3O3. The van der Waals surface area contributed by atoms with Gasteiger partial charge in [0, 0.05) is 26.3 Å². The maximum atomic E-state index is 14.0. The molecule has 2 aliphatic rings. The zero-order valence-corrected chi connectivity index (χ0v) is 15.0. The first kappa shape index (κ1) is 17.6. The lowest BCUT2D eigenvalue weighted by Crippen LogP contribution is -2.67. The lowest BCUT2D eigenvalue weighted by molar-refractivity contribution is -0.180. The molecule has 2 fully saturated rings. The van der Waals surface area contributed by atoms with Crippen LogP contribution < -0.4 is 0 Å². The second-order valence-corrected chi connectivity index (χ2v) is 6.90. The number of hydrogen-bond donors (Lipinski definition) is 0. The van der Waals surface area contributed by atoms with E-state index in [0.29, 0.717) is 13.0 Å². The van der Waals surface area contributed by atoms with Crippen molar-refractivity contribution < 1.29 is 18.7 Å². The molecule has 2 amide bonds. The van der Waals surface area contributed by atoms with Crippen LogP contribution in [0.15, 0.2) is 48.8 Å². The number of likely N-dealkylation sites (tertiary alicyclic amines) is 1. The molecule has 0 saturated carbocycles. The summed E-state index contributed by atoms with van der Waals surface area (Å²) in [6.45, 7) is 0.654. The van der Waals surface area contributed by atoms with Gasteiger partial charge in [0.05, 0.1) is 17.3 Å². The third-order valence-corrected chi connectivity index (χ3v) is 5.63. The van der Waals surface area contributed by atoms with E-state index >= 15 is 0 Å². The van der Waals surface area contributed by atoms with E-state index in [-0.39, 0.29) is 36.6 Å². The summed E-state index contributed by atoms with van der Waals surface area (Å²) in [5.74, 6) is -1.12. The number of ether oxygens (including phenoxy) is 1. The van der Waals surface area contributed by atoms with Gasteiger partial charge in [0.25, 0.3) is 5.91 Å². The van der Waals surface area contributed by atoms with Gasteiger partial charge in [0.2, 0.25) is 5.91 Å². The van der Waals surface area contributed by atoms with Gasteiger partial charge in [0.1, 0.15) is 12.7 Å². The highest BCUT2D eigenvalue weighted by Gasteiger charge is 2.53. The average Bonchev–Trinajstić information content (AvgIpc) is 2.71. The van der Waals surface area contributed by atoms with Crippen LogP contribution in [0.5, 0.6) is 0 Å². The van der Waals surface area contributed by atoms with E-state index in [0.717, 1.165) is 11.8 Å². The molecule has 1 aromatic carbocycles. The fourth-order valence-corrected chi connectivity index (χ4v) is 4.13. The standard InChI is InChI=1S/C20H20FN3O3/c1-23-18(25)13-27-17-12-24(19(26)15-7-9-22-11-16(15)21)10-8-20(17,23)14-5-3-2-4-6-14/h2-7,9,11,17H,8,10,12-13H2,1H3/t17-,20+/m1/s1. The second kappa shape index (κ2) is 6.74. The molecule has 2 aromatic rings. The Balaban J connectivity index is 1.67. The minimum absolute atomic E-state index is 0.00236. The van der Waals surface area contributed by atoms with Gasteiger partial charge in [-0.1, -0.05) is 30.3 Å². The van der Waals surface area contributed by atoms with Gasteiger partial charge >= 0.3 is 0 Å². The molecule has 3 heterocycles. The smallest absolute Gasteiger partial charge is 0.257 e. The van der Waals surface area contributed by atoms with Gasteiger partial charge in [0.15, 0.2) is 5.82 Å². The van der Waals surface area contributed by atoms with Gasteiger partial charge in [-0.15, -0.1) is 0 Å². The zero-order chi connectivity index (χ0) is 19.0. The molecule has 2 aliphatic heterocycles. The zero-order valence-electron chi connectivity index (χ0n) is 15.0. The number of halogens is 1. The molecule has 0 bridgehead atoms. The van der Waals surface area contributed by atoms with Crippen LogP contribution in [0.1, 0.15) is 22.3 Å². The number of carbonyl (C=O) groups excluding carboxylic acids is 2. The normalized spacial score (nSPS) is 25.3. The van der Waals surface area contributed by atoms with Gasteiger partial charge in [-0.05, 0) is 18.1 Å². The van der Waals surface area contributed by atoms with Crippen LogP contribution in [0, 0.1) is 5.82 Å². The van der Waals surface area contributed by atoms with Crippen molar-refractivity contribution in [2.45, 2.75) is 18.1 Å². The predicted octanol–water partition coefficient (Wildman–Crippen LogP) is 1.82. The van der Waals surface area contributed by atoms with Crippen LogP contribution >= 0.6 is 0 Å². The SMILES string of the molecule is CN1C(=O)CO[C@@H]2CN(C(=O)c3ccncc3F)CC[C@]21c1ccccc1. The van der Waals surface area contributed by atoms with E-state index in [1.165, 1.54) is 12.3 Å². The van der Waals surface area contributed by atoms with Crippen molar-refractivity contribution in [3.63, 3.8) is 0 Å². The van der Waals surface area contributed by atoms with Crippen molar-refractivity contribution in [3.05, 3.63) is 65.7 Å². The number of morpholine rings is 1.